The average Bonchev–Trinajstić information content (AvgIpc) is 2.87. The lowest BCUT2D eigenvalue weighted by Crippen LogP contribution is -2.60. The SMILES string of the molecule is CCc1ccccc1NC(=O)CN(C)C(=O)C(C)N1CCN(C(=O)C23CC4CC(CC(C4)C2)C3)CC1. The average molecular weight is 495 g/mol. The van der Waals surface area contributed by atoms with Gasteiger partial charge in [0.05, 0.1) is 18.0 Å². The van der Waals surface area contributed by atoms with Gasteiger partial charge in [-0.15, -0.1) is 0 Å². The van der Waals surface area contributed by atoms with Gasteiger partial charge in [0.25, 0.3) is 0 Å². The number of hydrogen-bond donors (Lipinski definition) is 1. The zero-order chi connectivity index (χ0) is 25.4. The van der Waals surface area contributed by atoms with E-state index in [4.69, 9.17) is 0 Å². The fourth-order valence-electron chi connectivity index (χ4n) is 7.93. The minimum absolute atomic E-state index is 0.0195. The van der Waals surface area contributed by atoms with Crippen molar-refractivity contribution >= 4 is 23.4 Å². The normalized spacial score (nSPS) is 30.2. The smallest absolute Gasteiger partial charge is 0.243 e. The monoisotopic (exact) mass is 494 g/mol. The number of amides is 3. The van der Waals surface area contributed by atoms with Crippen LogP contribution in [-0.4, -0.2) is 78.2 Å². The molecule has 36 heavy (non-hydrogen) atoms. The summed E-state index contributed by atoms with van der Waals surface area (Å²) in [7, 11) is 1.69. The number of aryl methyl sites for hydroxylation is 1. The number of benzene rings is 1. The fourth-order valence-corrected chi connectivity index (χ4v) is 7.93. The van der Waals surface area contributed by atoms with Crippen LogP contribution in [0.3, 0.4) is 0 Å². The topological polar surface area (TPSA) is 73.0 Å². The first kappa shape index (κ1) is 25.2. The Hall–Kier alpha value is -2.41. The number of likely N-dealkylation sites (N-methyl/N-ethyl adjacent to an activating group) is 1. The third kappa shape index (κ3) is 4.91. The predicted molar refractivity (Wildman–Crippen MR) is 140 cm³/mol. The van der Waals surface area contributed by atoms with Gasteiger partial charge < -0.3 is 15.1 Å². The van der Waals surface area contributed by atoms with Crippen LogP contribution >= 0.6 is 0 Å². The van der Waals surface area contributed by atoms with Gasteiger partial charge in [-0.05, 0) is 81.3 Å². The Kier molecular flexibility index (Phi) is 7.12. The molecule has 1 unspecified atom stereocenters. The highest BCUT2D eigenvalue weighted by molar-refractivity contribution is 5.95. The van der Waals surface area contributed by atoms with Gasteiger partial charge >= 0.3 is 0 Å². The Bertz CT molecular complexity index is 965. The van der Waals surface area contributed by atoms with Crippen molar-refractivity contribution in [3.8, 4) is 0 Å². The Morgan fingerprint density at radius 1 is 1.00 bits per heavy atom. The van der Waals surface area contributed by atoms with Crippen LogP contribution in [0.1, 0.15) is 57.9 Å². The molecule has 5 aliphatic rings. The van der Waals surface area contributed by atoms with Crippen LogP contribution in [0, 0.1) is 23.2 Å². The van der Waals surface area contributed by atoms with Gasteiger partial charge in [0, 0.05) is 38.9 Å². The standard InChI is InChI=1S/C29H42N4O3/c1-4-24-7-5-6-8-25(24)30-26(34)19-31(3)27(35)20(2)32-9-11-33(12-10-32)28(36)29-16-21-13-22(17-29)15-23(14-21)18-29/h5-8,20-23H,4,9-19H2,1-3H3,(H,30,34). The van der Waals surface area contributed by atoms with E-state index in [1.807, 2.05) is 31.2 Å². The number of piperazine rings is 1. The van der Waals surface area contributed by atoms with Crippen LogP contribution in [0.5, 0.6) is 0 Å². The number of rotatable bonds is 7. The molecule has 1 aromatic carbocycles. The van der Waals surface area contributed by atoms with E-state index < -0.39 is 0 Å². The fraction of sp³-hybridized carbons (Fsp3) is 0.690. The number of para-hydroxylation sites is 1. The molecular formula is C29H42N4O3. The second kappa shape index (κ2) is 10.2. The summed E-state index contributed by atoms with van der Waals surface area (Å²) in [6, 6.07) is 7.44. The largest absolute Gasteiger partial charge is 0.340 e. The molecule has 4 bridgehead atoms. The van der Waals surface area contributed by atoms with Gasteiger partial charge in [-0.25, -0.2) is 0 Å². The highest BCUT2D eigenvalue weighted by Gasteiger charge is 2.55. The minimum atomic E-state index is -0.317. The number of nitrogens with zero attached hydrogens (tertiary/aromatic N) is 3. The van der Waals surface area contributed by atoms with Crippen molar-refractivity contribution in [2.75, 3.05) is 45.1 Å². The molecule has 7 nitrogen and oxygen atoms in total. The van der Waals surface area contributed by atoms with Crippen molar-refractivity contribution < 1.29 is 14.4 Å². The lowest BCUT2D eigenvalue weighted by molar-refractivity contribution is -0.160. The maximum atomic E-state index is 13.7. The van der Waals surface area contributed by atoms with Crippen molar-refractivity contribution in [3.05, 3.63) is 29.8 Å². The molecule has 1 saturated heterocycles. The summed E-state index contributed by atoms with van der Waals surface area (Å²) < 4.78 is 0. The van der Waals surface area contributed by atoms with E-state index >= 15 is 0 Å². The molecule has 7 heteroatoms. The summed E-state index contributed by atoms with van der Waals surface area (Å²) in [6.07, 6.45) is 8.16. The first-order valence-electron chi connectivity index (χ1n) is 13.9. The van der Waals surface area contributed by atoms with Crippen LogP contribution < -0.4 is 5.32 Å². The van der Waals surface area contributed by atoms with Crippen LogP contribution in [0.25, 0.3) is 0 Å². The Labute approximate surface area is 215 Å². The van der Waals surface area contributed by atoms with Crippen LogP contribution in [0.4, 0.5) is 5.69 Å². The highest BCUT2D eigenvalue weighted by atomic mass is 16.2. The van der Waals surface area contributed by atoms with Gasteiger partial charge in [-0.2, -0.15) is 0 Å². The number of carbonyl (C=O) groups excluding carboxylic acids is 3. The molecule has 1 N–H and O–H groups in total. The van der Waals surface area contributed by atoms with Crippen LogP contribution in [-0.2, 0) is 20.8 Å². The molecule has 4 aliphatic carbocycles. The zero-order valence-corrected chi connectivity index (χ0v) is 22.2. The predicted octanol–water partition coefficient (Wildman–Crippen LogP) is 3.40. The summed E-state index contributed by atoms with van der Waals surface area (Å²) in [4.78, 5) is 45.2. The maximum Gasteiger partial charge on any atom is 0.243 e. The Balaban J connectivity index is 1.11. The molecule has 1 aromatic rings. The molecule has 0 aromatic heterocycles. The van der Waals surface area contributed by atoms with E-state index in [2.05, 4.69) is 22.0 Å². The lowest BCUT2D eigenvalue weighted by atomic mass is 9.49. The van der Waals surface area contributed by atoms with Crippen molar-refractivity contribution in [2.24, 2.45) is 23.2 Å². The third-order valence-electron chi connectivity index (χ3n) is 9.43. The minimum Gasteiger partial charge on any atom is -0.340 e. The highest BCUT2D eigenvalue weighted by Crippen LogP contribution is 2.60. The second-order valence-corrected chi connectivity index (χ2v) is 12.0. The van der Waals surface area contributed by atoms with E-state index in [0.717, 1.165) is 54.7 Å². The van der Waals surface area contributed by atoms with Gasteiger partial charge in [-0.1, -0.05) is 25.1 Å². The number of anilines is 1. The van der Waals surface area contributed by atoms with E-state index in [0.29, 0.717) is 32.1 Å². The number of hydrogen-bond acceptors (Lipinski definition) is 4. The van der Waals surface area contributed by atoms with E-state index in [9.17, 15) is 14.4 Å². The molecule has 5 fully saturated rings. The molecule has 0 radical (unpaired) electrons. The first-order chi connectivity index (χ1) is 17.3. The lowest BCUT2D eigenvalue weighted by Gasteiger charge is -2.57. The first-order valence-corrected chi connectivity index (χ1v) is 13.9. The molecule has 1 aliphatic heterocycles. The number of carbonyl (C=O) groups is 3. The molecular weight excluding hydrogens is 452 g/mol. The van der Waals surface area contributed by atoms with E-state index in [1.165, 1.54) is 24.2 Å². The molecule has 0 spiro atoms. The molecule has 1 heterocycles. The molecule has 196 valence electrons. The van der Waals surface area contributed by atoms with Crippen LogP contribution in [0.2, 0.25) is 0 Å². The van der Waals surface area contributed by atoms with Crippen LogP contribution in [0.15, 0.2) is 24.3 Å². The van der Waals surface area contributed by atoms with Gasteiger partial charge in [0.15, 0.2) is 0 Å². The summed E-state index contributed by atoms with van der Waals surface area (Å²) >= 11 is 0. The zero-order valence-electron chi connectivity index (χ0n) is 22.2. The van der Waals surface area contributed by atoms with E-state index in [1.54, 1.807) is 7.05 Å². The van der Waals surface area contributed by atoms with Crippen molar-refractivity contribution in [1.82, 2.24) is 14.7 Å². The van der Waals surface area contributed by atoms with Gasteiger partial charge in [0.1, 0.15) is 0 Å². The quantitative estimate of drug-likeness (QED) is 0.631. The maximum absolute atomic E-state index is 13.7. The molecule has 3 amide bonds. The molecule has 6 rings (SSSR count). The van der Waals surface area contributed by atoms with Gasteiger partial charge in [-0.3, -0.25) is 19.3 Å². The molecule has 4 saturated carbocycles. The molecule has 1 atom stereocenters. The Morgan fingerprint density at radius 3 is 2.17 bits per heavy atom. The summed E-state index contributed by atoms with van der Waals surface area (Å²) in [5.74, 6) is 2.44. The van der Waals surface area contributed by atoms with Crippen molar-refractivity contribution in [2.45, 2.75) is 64.8 Å². The second-order valence-electron chi connectivity index (χ2n) is 12.0. The van der Waals surface area contributed by atoms with Crippen molar-refractivity contribution in [3.63, 3.8) is 0 Å². The summed E-state index contributed by atoms with van der Waals surface area (Å²) in [5, 5.41) is 2.95. The van der Waals surface area contributed by atoms with Gasteiger partial charge in [0.2, 0.25) is 17.7 Å². The number of nitrogens with one attached hydrogen (secondary N) is 1. The Morgan fingerprint density at radius 2 is 1.58 bits per heavy atom. The third-order valence-corrected chi connectivity index (χ3v) is 9.43. The van der Waals surface area contributed by atoms with E-state index in [-0.39, 0.29) is 29.8 Å². The summed E-state index contributed by atoms with van der Waals surface area (Å²) in [5.41, 5.74) is 1.79. The summed E-state index contributed by atoms with van der Waals surface area (Å²) in [6.45, 7) is 6.78. The van der Waals surface area contributed by atoms with Crippen molar-refractivity contribution in [1.29, 1.82) is 0 Å².